The molecule has 2 N–H and O–H groups in total. The van der Waals surface area contributed by atoms with E-state index in [2.05, 4.69) is 5.32 Å². The van der Waals surface area contributed by atoms with E-state index in [9.17, 15) is 9.90 Å². The van der Waals surface area contributed by atoms with Gasteiger partial charge in [-0.1, -0.05) is 54.3 Å². The number of hydrogen-bond donors (Lipinski definition) is 2. The zero-order valence-electron chi connectivity index (χ0n) is 12.7. The smallest absolute Gasteiger partial charge is 0.331 e. The molecule has 0 saturated carbocycles. The van der Waals surface area contributed by atoms with Crippen LogP contribution >= 0.6 is 24.0 Å². The molecule has 0 fully saturated rings. The normalized spacial score (nSPS) is 12.1. The summed E-state index contributed by atoms with van der Waals surface area (Å²) < 4.78 is 11.1. The van der Waals surface area contributed by atoms with E-state index in [0.717, 1.165) is 5.56 Å². The molecule has 1 aromatic carbocycles. The van der Waals surface area contributed by atoms with Gasteiger partial charge >= 0.3 is 5.97 Å². The second-order valence-electron chi connectivity index (χ2n) is 4.30. The van der Waals surface area contributed by atoms with Crippen LogP contribution in [0, 0.1) is 0 Å². The van der Waals surface area contributed by atoms with Crippen LogP contribution in [0.2, 0.25) is 0 Å². The summed E-state index contributed by atoms with van der Waals surface area (Å²) in [6, 6.07) is 8.80. The van der Waals surface area contributed by atoms with Crippen molar-refractivity contribution in [2.24, 2.45) is 0 Å². The van der Waals surface area contributed by atoms with Crippen LogP contribution in [-0.4, -0.2) is 40.9 Å². The summed E-state index contributed by atoms with van der Waals surface area (Å²) in [4.78, 5) is 11.4. The van der Waals surface area contributed by atoms with Crippen LogP contribution in [-0.2, 0) is 20.0 Å². The van der Waals surface area contributed by atoms with Crippen LogP contribution in [0.1, 0.15) is 19.4 Å². The highest BCUT2D eigenvalue weighted by atomic mass is 32.2. The SMILES string of the molecule is CCOC(OCC)C(NC(=S)SCc1ccccc1)C(=O)O. The number of carboxylic acids is 1. The number of carboxylic acid groups (broad SMARTS) is 1. The first-order valence-electron chi connectivity index (χ1n) is 7.01. The van der Waals surface area contributed by atoms with E-state index in [1.54, 1.807) is 13.8 Å². The Bertz CT molecular complexity index is 464. The van der Waals surface area contributed by atoms with Crippen molar-refractivity contribution < 1.29 is 19.4 Å². The highest BCUT2D eigenvalue weighted by Crippen LogP contribution is 2.14. The average Bonchev–Trinajstić information content (AvgIpc) is 2.51. The molecule has 0 radical (unpaired) electrons. The van der Waals surface area contributed by atoms with E-state index < -0.39 is 18.3 Å². The maximum Gasteiger partial charge on any atom is 0.331 e. The third-order valence-electron chi connectivity index (χ3n) is 2.69. The molecule has 0 amide bonds. The van der Waals surface area contributed by atoms with Gasteiger partial charge in [-0.2, -0.15) is 0 Å². The van der Waals surface area contributed by atoms with E-state index in [0.29, 0.717) is 23.3 Å². The van der Waals surface area contributed by atoms with Gasteiger partial charge in [0.15, 0.2) is 12.3 Å². The molecule has 0 heterocycles. The quantitative estimate of drug-likeness (QED) is 0.528. The molecule has 122 valence electrons. The zero-order chi connectivity index (χ0) is 16.4. The lowest BCUT2D eigenvalue weighted by Gasteiger charge is -2.25. The van der Waals surface area contributed by atoms with Gasteiger partial charge in [0.2, 0.25) is 0 Å². The predicted octanol–water partition coefficient (Wildman–Crippen LogP) is 2.65. The number of rotatable bonds is 9. The van der Waals surface area contributed by atoms with Crippen LogP contribution in [0.5, 0.6) is 0 Å². The van der Waals surface area contributed by atoms with Gasteiger partial charge in [0.05, 0.1) is 0 Å². The fraction of sp³-hybridized carbons (Fsp3) is 0.467. The number of nitrogens with one attached hydrogen (secondary N) is 1. The lowest BCUT2D eigenvalue weighted by molar-refractivity contribution is -0.172. The van der Waals surface area contributed by atoms with Gasteiger partial charge in [-0.25, -0.2) is 4.79 Å². The topological polar surface area (TPSA) is 67.8 Å². The molecule has 0 saturated heterocycles. The monoisotopic (exact) mass is 343 g/mol. The van der Waals surface area contributed by atoms with Gasteiger partial charge in [-0.15, -0.1) is 0 Å². The molecule has 22 heavy (non-hydrogen) atoms. The number of thioether (sulfide) groups is 1. The largest absolute Gasteiger partial charge is 0.480 e. The molecular formula is C15H21NO4S2. The Hall–Kier alpha value is -1.15. The van der Waals surface area contributed by atoms with E-state index in [1.807, 2.05) is 30.3 Å². The van der Waals surface area contributed by atoms with Crippen molar-refractivity contribution in [3.8, 4) is 0 Å². The molecular weight excluding hydrogens is 322 g/mol. The Morgan fingerprint density at radius 1 is 1.27 bits per heavy atom. The minimum atomic E-state index is -1.06. The Morgan fingerprint density at radius 3 is 2.36 bits per heavy atom. The van der Waals surface area contributed by atoms with E-state index in [1.165, 1.54) is 11.8 Å². The third kappa shape index (κ3) is 6.74. The summed E-state index contributed by atoms with van der Waals surface area (Å²) in [5.41, 5.74) is 1.12. The molecule has 5 nitrogen and oxygen atoms in total. The second-order valence-corrected chi connectivity index (χ2v) is 5.95. The van der Waals surface area contributed by atoms with Gasteiger partial charge in [-0.3, -0.25) is 0 Å². The molecule has 0 spiro atoms. The first-order chi connectivity index (χ1) is 10.6. The highest BCUT2D eigenvalue weighted by Gasteiger charge is 2.30. The fourth-order valence-corrected chi connectivity index (χ4v) is 2.71. The van der Waals surface area contributed by atoms with Crippen molar-refractivity contribution in [2.75, 3.05) is 13.2 Å². The lowest BCUT2D eigenvalue weighted by Crippen LogP contribution is -2.49. The molecule has 1 rings (SSSR count). The van der Waals surface area contributed by atoms with Crippen molar-refractivity contribution in [1.82, 2.24) is 5.32 Å². The van der Waals surface area contributed by atoms with Crippen LogP contribution < -0.4 is 5.32 Å². The Kier molecular flexibility index (Phi) is 9.07. The number of hydrogen-bond acceptors (Lipinski definition) is 5. The molecule has 1 atom stereocenters. The predicted molar refractivity (Wildman–Crippen MR) is 91.9 cm³/mol. The summed E-state index contributed by atoms with van der Waals surface area (Å²) in [6.45, 7) is 4.29. The van der Waals surface area contributed by atoms with Crippen molar-refractivity contribution in [1.29, 1.82) is 0 Å². The Balaban J connectivity index is 2.57. The minimum Gasteiger partial charge on any atom is -0.480 e. The summed E-state index contributed by atoms with van der Waals surface area (Å²) in [6.07, 6.45) is -0.872. The van der Waals surface area contributed by atoms with Gasteiger partial charge in [0.25, 0.3) is 0 Å². The van der Waals surface area contributed by atoms with E-state index >= 15 is 0 Å². The first kappa shape index (κ1) is 18.9. The van der Waals surface area contributed by atoms with Crippen molar-refractivity contribution in [2.45, 2.75) is 31.9 Å². The summed E-state index contributed by atoms with van der Waals surface area (Å²) >= 11 is 6.59. The van der Waals surface area contributed by atoms with E-state index in [-0.39, 0.29) is 0 Å². The van der Waals surface area contributed by atoms with Crippen molar-refractivity contribution in [3.63, 3.8) is 0 Å². The molecule has 0 bridgehead atoms. The number of benzene rings is 1. The maximum absolute atomic E-state index is 11.4. The third-order valence-corrected chi connectivity index (χ3v) is 4.02. The molecule has 0 aromatic heterocycles. The maximum atomic E-state index is 11.4. The Morgan fingerprint density at radius 2 is 1.86 bits per heavy atom. The molecule has 0 aliphatic rings. The van der Waals surface area contributed by atoms with Gasteiger partial charge < -0.3 is 19.9 Å². The number of aliphatic carboxylic acids is 1. The van der Waals surface area contributed by atoms with Crippen LogP contribution in [0.4, 0.5) is 0 Å². The van der Waals surface area contributed by atoms with Crippen LogP contribution in [0.3, 0.4) is 0 Å². The minimum absolute atomic E-state index is 0.361. The van der Waals surface area contributed by atoms with Crippen LogP contribution in [0.25, 0.3) is 0 Å². The number of ether oxygens (including phenoxy) is 2. The molecule has 1 unspecified atom stereocenters. The van der Waals surface area contributed by atoms with Crippen LogP contribution in [0.15, 0.2) is 30.3 Å². The van der Waals surface area contributed by atoms with Gasteiger partial charge in [0.1, 0.15) is 4.32 Å². The van der Waals surface area contributed by atoms with Crippen molar-refractivity contribution in [3.05, 3.63) is 35.9 Å². The second kappa shape index (κ2) is 10.6. The van der Waals surface area contributed by atoms with E-state index in [4.69, 9.17) is 21.7 Å². The lowest BCUT2D eigenvalue weighted by atomic mass is 10.2. The first-order valence-corrected chi connectivity index (χ1v) is 8.41. The van der Waals surface area contributed by atoms with Gasteiger partial charge in [0, 0.05) is 19.0 Å². The standard InChI is InChI=1S/C15H21NO4S2/c1-3-19-14(20-4-2)12(13(17)18)16-15(21)22-10-11-8-6-5-7-9-11/h5-9,12,14H,3-4,10H2,1-2H3,(H,16,21)(H,17,18). The number of carbonyl (C=O) groups is 1. The molecule has 1 aromatic rings. The molecule has 0 aliphatic heterocycles. The van der Waals surface area contributed by atoms with Crippen molar-refractivity contribution >= 4 is 34.3 Å². The summed E-state index contributed by atoms with van der Waals surface area (Å²) in [5, 5.41) is 12.1. The van der Waals surface area contributed by atoms with Gasteiger partial charge in [-0.05, 0) is 19.4 Å². The molecule has 7 heteroatoms. The average molecular weight is 343 g/mol. The summed E-state index contributed by atoms with van der Waals surface area (Å²) in [5.74, 6) is -0.387. The zero-order valence-corrected chi connectivity index (χ0v) is 14.3. The highest BCUT2D eigenvalue weighted by molar-refractivity contribution is 8.22. The summed E-state index contributed by atoms with van der Waals surface area (Å²) in [7, 11) is 0. The fourth-order valence-electron chi connectivity index (χ4n) is 1.71. The number of thiocarbonyl (C=S) groups is 1. The molecule has 0 aliphatic carbocycles. The Labute approximate surface area is 140 Å².